The maximum Gasteiger partial charge on any atom is 0.0597 e. The van der Waals surface area contributed by atoms with Crippen molar-refractivity contribution in [2.75, 3.05) is 13.6 Å². The van der Waals surface area contributed by atoms with Crippen molar-refractivity contribution in [1.82, 2.24) is 14.7 Å². The Morgan fingerprint density at radius 1 is 1.42 bits per heavy atom. The van der Waals surface area contributed by atoms with E-state index in [1.54, 1.807) is 0 Å². The van der Waals surface area contributed by atoms with Gasteiger partial charge in [-0.1, -0.05) is 12.8 Å². The van der Waals surface area contributed by atoms with Gasteiger partial charge in [0.05, 0.1) is 11.4 Å². The van der Waals surface area contributed by atoms with Crippen LogP contribution in [-0.4, -0.2) is 34.3 Å². The Labute approximate surface area is 117 Å². The van der Waals surface area contributed by atoms with Crippen LogP contribution in [-0.2, 0) is 13.1 Å². The fourth-order valence-corrected chi connectivity index (χ4v) is 3.42. The second kappa shape index (κ2) is 6.53. The molecule has 2 atom stereocenters. The molecule has 0 aliphatic heterocycles. The van der Waals surface area contributed by atoms with E-state index in [0.717, 1.165) is 25.3 Å². The lowest BCUT2D eigenvalue weighted by molar-refractivity contribution is 0.124. The molecule has 2 rings (SSSR count). The molecule has 19 heavy (non-hydrogen) atoms. The van der Waals surface area contributed by atoms with Crippen molar-refractivity contribution >= 4 is 0 Å². The molecule has 0 radical (unpaired) electrons. The fraction of sp³-hybridized carbons (Fsp3) is 0.800. The molecule has 0 saturated heterocycles. The van der Waals surface area contributed by atoms with Gasteiger partial charge in [0.1, 0.15) is 0 Å². The van der Waals surface area contributed by atoms with Gasteiger partial charge in [-0.15, -0.1) is 0 Å². The van der Waals surface area contributed by atoms with Gasteiger partial charge in [-0.2, -0.15) is 5.10 Å². The summed E-state index contributed by atoms with van der Waals surface area (Å²) in [5.41, 5.74) is 8.38. The second-order valence-electron chi connectivity index (χ2n) is 5.86. The fourth-order valence-electron chi connectivity index (χ4n) is 3.42. The molecule has 1 aliphatic rings. The van der Waals surface area contributed by atoms with Crippen LogP contribution < -0.4 is 5.73 Å². The third-order valence-corrected chi connectivity index (χ3v) is 4.43. The zero-order chi connectivity index (χ0) is 13.8. The standard InChI is InChI=1S/C15H28N4/c1-4-19-14(9-12(2)17-19)11-18(3)15-8-6-5-7-13(15)10-16/h9,13,15H,4-8,10-11,16H2,1-3H3. The van der Waals surface area contributed by atoms with Crippen LogP contribution in [0.1, 0.15) is 44.0 Å². The molecule has 2 N–H and O–H groups in total. The minimum atomic E-state index is 0.638. The van der Waals surface area contributed by atoms with E-state index in [0.29, 0.717) is 12.0 Å². The van der Waals surface area contributed by atoms with Crippen LogP contribution in [0.5, 0.6) is 0 Å². The van der Waals surface area contributed by atoms with E-state index in [1.807, 2.05) is 0 Å². The van der Waals surface area contributed by atoms with Crippen molar-refractivity contribution in [1.29, 1.82) is 0 Å². The summed E-state index contributed by atoms with van der Waals surface area (Å²) in [7, 11) is 2.24. The molecule has 0 aromatic carbocycles. The Balaban J connectivity index is 2.04. The van der Waals surface area contributed by atoms with E-state index < -0.39 is 0 Å². The van der Waals surface area contributed by atoms with Crippen LogP contribution in [0.25, 0.3) is 0 Å². The van der Waals surface area contributed by atoms with Crippen LogP contribution in [0.2, 0.25) is 0 Å². The maximum atomic E-state index is 5.94. The number of rotatable bonds is 5. The van der Waals surface area contributed by atoms with Crippen LogP contribution in [0.15, 0.2) is 6.07 Å². The largest absolute Gasteiger partial charge is 0.330 e. The van der Waals surface area contributed by atoms with Crippen molar-refractivity contribution in [2.24, 2.45) is 11.7 Å². The smallest absolute Gasteiger partial charge is 0.0597 e. The summed E-state index contributed by atoms with van der Waals surface area (Å²) in [6.45, 7) is 6.97. The van der Waals surface area contributed by atoms with Crippen LogP contribution in [0.3, 0.4) is 0 Å². The number of nitrogens with two attached hydrogens (primary N) is 1. The van der Waals surface area contributed by atoms with Gasteiger partial charge >= 0.3 is 0 Å². The average molecular weight is 264 g/mol. The third kappa shape index (κ3) is 3.37. The van der Waals surface area contributed by atoms with Crippen molar-refractivity contribution < 1.29 is 0 Å². The molecular formula is C15H28N4. The molecule has 1 aliphatic carbocycles. The van der Waals surface area contributed by atoms with Crippen molar-refractivity contribution in [3.63, 3.8) is 0 Å². The summed E-state index contributed by atoms with van der Waals surface area (Å²) < 4.78 is 2.12. The van der Waals surface area contributed by atoms with Gasteiger partial charge < -0.3 is 5.73 Å². The zero-order valence-corrected chi connectivity index (χ0v) is 12.6. The van der Waals surface area contributed by atoms with Gasteiger partial charge in [-0.05, 0) is 52.3 Å². The molecule has 0 amide bonds. The quantitative estimate of drug-likeness (QED) is 0.886. The molecule has 1 fully saturated rings. The molecule has 1 aromatic heterocycles. The van der Waals surface area contributed by atoms with Crippen LogP contribution in [0, 0.1) is 12.8 Å². The van der Waals surface area contributed by atoms with E-state index in [4.69, 9.17) is 5.73 Å². The summed E-state index contributed by atoms with van der Waals surface area (Å²) >= 11 is 0. The zero-order valence-electron chi connectivity index (χ0n) is 12.6. The topological polar surface area (TPSA) is 47.1 Å². The van der Waals surface area contributed by atoms with Crippen molar-refractivity contribution in [3.8, 4) is 0 Å². The number of hydrogen-bond donors (Lipinski definition) is 1. The number of nitrogens with zero attached hydrogens (tertiary/aromatic N) is 3. The molecule has 0 bridgehead atoms. The van der Waals surface area contributed by atoms with E-state index >= 15 is 0 Å². The molecular weight excluding hydrogens is 236 g/mol. The Morgan fingerprint density at radius 2 is 2.16 bits per heavy atom. The van der Waals surface area contributed by atoms with E-state index in [-0.39, 0.29) is 0 Å². The van der Waals surface area contributed by atoms with Gasteiger partial charge in [-0.3, -0.25) is 9.58 Å². The van der Waals surface area contributed by atoms with Crippen LogP contribution >= 0.6 is 0 Å². The maximum absolute atomic E-state index is 5.94. The first-order valence-corrected chi connectivity index (χ1v) is 7.59. The highest BCUT2D eigenvalue weighted by atomic mass is 15.3. The predicted molar refractivity (Wildman–Crippen MR) is 78.9 cm³/mol. The van der Waals surface area contributed by atoms with Crippen molar-refractivity contribution in [2.45, 2.75) is 58.7 Å². The number of aryl methyl sites for hydroxylation is 2. The summed E-state index contributed by atoms with van der Waals surface area (Å²) in [6, 6.07) is 2.85. The molecule has 4 nitrogen and oxygen atoms in total. The summed E-state index contributed by atoms with van der Waals surface area (Å²) in [4.78, 5) is 2.49. The summed E-state index contributed by atoms with van der Waals surface area (Å²) in [5, 5.41) is 4.53. The van der Waals surface area contributed by atoms with E-state index in [2.05, 4.69) is 41.6 Å². The van der Waals surface area contributed by atoms with Crippen LogP contribution in [0.4, 0.5) is 0 Å². The summed E-state index contributed by atoms with van der Waals surface area (Å²) in [5.74, 6) is 0.665. The minimum Gasteiger partial charge on any atom is -0.330 e. The monoisotopic (exact) mass is 264 g/mol. The highest BCUT2D eigenvalue weighted by molar-refractivity contribution is 5.09. The molecule has 108 valence electrons. The van der Waals surface area contributed by atoms with Gasteiger partial charge in [0, 0.05) is 19.1 Å². The predicted octanol–water partition coefficient (Wildman–Crippen LogP) is 2.16. The Morgan fingerprint density at radius 3 is 2.84 bits per heavy atom. The molecule has 4 heteroatoms. The average Bonchev–Trinajstić information content (AvgIpc) is 2.78. The molecule has 2 unspecified atom stereocenters. The normalized spacial score (nSPS) is 24.1. The van der Waals surface area contributed by atoms with Gasteiger partial charge in [-0.25, -0.2) is 0 Å². The minimum absolute atomic E-state index is 0.638. The molecule has 1 heterocycles. The summed E-state index contributed by atoms with van der Waals surface area (Å²) in [6.07, 6.45) is 5.27. The number of hydrogen-bond acceptors (Lipinski definition) is 3. The highest BCUT2D eigenvalue weighted by Crippen LogP contribution is 2.28. The molecule has 1 aromatic rings. The van der Waals surface area contributed by atoms with E-state index in [1.165, 1.54) is 31.4 Å². The third-order valence-electron chi connectivity index (χ3n) is 4.43. The highest BCUT2D eigenvalue weighted by Gasteiger charge is 2.27. The SMILES string of the molecule is CCn1nc(C)cc1CN(C)C1CCCCC1CN. The second-order valence-corrected chi connectivity index (χ2v) is 5.86. The lowest BCUT2D eigenvalue weighted by Gasteiger charge is -2.37. The lowest BCUT2D eigenvalue weighted by atomic mass is 9.83. The first kappa shape index (κ1) is 14.5. The van der Waals surface area contributed by atoms with Crippen molar-refractivity contribution in [3.05, 3.63) is 17.5 Å². The van der Waals surface area contributed by atoms with Gasteiger partial charge in [0.25, 0.3) is 0 Å². The molecule has 0 spiro atoms. The first-order chi connectivity index (χ1) is 9.15. The first-order valence-electron chi connectivity index (χ1n) is 7.59. The van der Waals surface area contributed by atoms with Gasteiger partial charge in [0.2, 0.25) is 0 Å². The lowest BCUT2D eigenvalue weighted by Crippen LogP contribution is -2.42. The Kier molecular flexibility index (Phi) is 4.99. The van der Waals surface area contributed by atoms with E-state index in [9.17, 15) is 0 Å². The Bertz CT molecular complexity index is 399. The number of aromatic nitrogens is 2. The molecule has 1 saturated carbocycles. The Hall–Kier alpha value is -0.870. The van der Waals surface area contributed by atoms with Gasteiger partial charge in [0.15, 0.2) is 0 Å².